The quantitative estimate of drug-likeness (QED) is 0.630. The number of benzene rings is 2. The number of halogens is 1. The Bertz CT molecular complexity index is 613. The minimum atomic E-state index is -0.269. The van der Waals surface area contributed by atoms with Gasteiger partial charge in [-0.05, 0) is 29.7 Å². The Kier molecular flexibility index (Phi) is 6.00. The Labute approximate surface area is 143 Å². The first-order valence-corrected chi connectivity index (χ1v) is 8.85. The first-order valence-electron chi connectivity index (χ1n) is 8.85. The maximum Gasteiger partial charge on any atom is 0.183 e. The van der Waals surface area contributed by atoms with Gasteiger partial charge in [0.25, 0.3) is 0 Å². The average Bonchev–Trinajstić information content (AvgIpc) is 2.63. The highest BCUT2D eigenvalue weighted by Crippen LogP contribution is 2.29. The van der Waals surface area contributed by atoms with Crippen LogP contribution < -0.4 is 0 Å². The van der Waals surface area contributed by atoms with E-state index in [0.717, 1.165) is 29.9 Å². The first-order chi connectivity index (χ1) is 11.8. The van der Waals surface area contributed by atoms with Crippen LogP contribution in [-0.2, 0) is 9.47 Å². The molecule has 2 aromatic rings. The van der Waals surface area contributed by atoms with E-state index in [1.807, 2.05) is 24.3 Å². The molecule has 0 unspecified atom stereocenters. The summed E-state index contributed by atoms with van der Waals surface area (Å²) in [6, 6.07) is 14.7. The van der Waals surface area contributed by atoms with Crippen molar-refractivity contribution in [3.05, 3.63) is 59.9 Å². The van der Waals surface area contributed by atoms with Gasteiger partial charge in [0.05, 0.1) is 13.2 Å². The molecule has 2 aromatic carbocycles. The van der Waals surface area contributed by atoms with E-state index in [9.17, 15) is 4.39 Å². The highest BCUT2D eigenvalue weighted by Gasteiger charge is 2.23. The monoisotopic (exact) mass is 328 g/mol. The molecule has 0 aliphatic carbocycles. The van der Waals surface area contributed by atoms with E-state index < -0.39 is 0 Å². The second kappa shape index (κ2) is 8.41. The van der Waals surface area contributed by atoms with Gasteiger partial charge in [-0.1, -0.05) is 62.6 Å². The summed E-state index contributed by atoms with van der Waals surface area (Å²) in [5.74, 6) is 0.305. The van der Waals surface area contributed by atoms with Crippen molar-refractivity contribution < 1.29 is 13.9 Å². The van der Waals surface area contributed by atoms with Crippen LogP contribution in [0, 0.1) is 11.7 Å². The summed E-state index contributed by atoms with van der Waals surface area (Å²) in [5.41, 5.74) is 3.10. The van der Waals surface area contributed by atoms with Crippen molar-refractivity contribution in [3.63, 3.8) is 0 Å². The van der Waals surface area contributed by atoms with Crippen molar-refractivity contribution in [2.75, 3.05) is 13.2 Å². The molecule has 128 valence electrons. The number of unbranched alkanes of at least 4 members (excludes halogenated alkanes) is 2. The lowest BCUT2D eigenvalue weighted by molar-refractivity contribution is -0.206. The Morgan fingerprint density at radius 2 is 1.46 bits per heavy atom. The molecule has 2 nitrogen and oxygen atoms in total. The third-order valence-electron chi connectivity index (χ3n) is 4.54. The van der Waals surface area contributed by atoms with Gasteiger partial charge in [0.2, 0.25) is 0 Å². The summed E-state index contributed by atoms with van der Waals surface area (Å²) < 4.78 is 24.8. The van der Waals surface area contributed by atoms with Gasteiger partial charge < -0.3 is 9.47 Å². The van der Waals surface area contributed by atoms with Crippen LogP contribution in [0.4, 0.5) is 4.39 Å². The Morgan fingerprint density at radius 1 is 0.875 bits per heavy atom. The first kappa shape index (κ1) is 17.1. The molecular formula is C21H25FO2. The highest BCUT2D eigenvalue weighted by molar-refractivity contribution is 5.63. The third kappa shape index (κ3) is 4.43. The lowest BCUT2D eigenvalue weighted by atomic mass is 10.0. The zero-order valence-electron chi connectivity index (χ0n) is 14.2. The molecule has 1 heterocycles. The molecule has 1 aliphatic heterocycles. The minimum Gasteiger partial charge on any atom is -0.348 e. The molecule has 0 radical (unpaired) electrons. The van der Waals surface area contributed by atoms with Crippen LogP contribution in [0.25, 0.3) is 11.1 Å². The fraction of sp³-hybridized carbons (Fsp3) is 0.429. The SMILES string of the molecule is CCCCCC1COC(c2ccc(-c3ccc(F)cc3)cc2)OC1. The van der Waals surface area contributed by atoms with E-state index in [2.05, 4.69) is 6.92 Å². The maximum atomic E-state index is 13.0. The summed E-state index contributed by atoms with van der Waals surface area (Å²) >= 11 is 0. The minimum absolute atomic E-state index is 0.215. The lowest BCUT2D eigenvalue weighted by Crippen LogP contribution is -2.27. The summed E-state index contributed by atoms with van der Waals surface area (Å²) in [6.45, 7) is 3.77. The molecule has 0 spiro atoms. The number of ether oxygens (including phenoxy) is 2. The standard InChI is InChI=1S/C21H25FO2/c1-2-3-4-5-16-14-23-21(24-15-16)19-8-6-17(7-9-19)18-10-12-20(22)13-11-18/h6-13,16,21H,2-5,14-15H2,1H3. The molecule has 1 fully saturated rings. The molecule has 0 saturated carbocycles. The predicted octanol–water partition coefficient (Wildman–Crippen LogP) is 5.73. The number of hydrogen-bond donors (Lipinski definition) is 0. The second-order valence-corrected chi connectivity index (χ2v) is 6.49. The molecule has 0 aromatic heterocycles. The molecular weight excluding hydrogens is 303 g/mol. The van der Waals surface area contributed by atoms with Crippen molar-refractivity contribution in [3.8, 4) is 11.1 Å². The van der Waals surface area contributed by atoms with Gasteiger partial charge in [-0.2, -0.15) is 0 Å². The van der Waals surface area contributed by atoms with Gasteiger partial charge in [-0.15, -0.1) is 0 Å². The molecule has 0 N–H and O–H groups in total. The molecule has 1 aliphatic rings. The van der Waals surface area contributed by atoms with Gasteiger partial charge in [0.15, 0.2) is 6.29 Å². The zero-order valence-corrected chi connectivity index (χ0v) is 14.2. The van der Waals surface area contributed by atoms with Gasteiger partial charge >= 0.3 is 0 Å². The van der Waals surface area contributed by atoms with Gasteiger partial charge in [0, 0.05) is 11.5 Å². The van der Waals surface area contributed by atoms with Gasteiger partial charge in [0.1, 0.15) is 5.82 Å². The second-order valence-electron chi connectivity index (χ2n) is 6.49. The average molecular weight is 328 g/mol. The van der Waals surface area contributed by atoms with Crippen LogP contribution in [-0.4, -0.2) is 13.2 Å². The van der Waals surface area contributed by atoms with Gasteiger partial charge in [-0.3, -0.25) is 0 Å². The Balaban J connectivity index is 1.56. The van der Waals surface area contributed by atoms with Crippen molar-refractivity contribution >= 4 is 0 Å². The molecule has 3 rings (SSSR count). The molecule has 24 heavy (non-hydrogen) atoms. The molecule has 0 bridgehead atoms. The smallest absolute Gasteiger partial charge is 0.183 e. The topological polar surface area (TPSA) is 18.5 Å². The van der Waals surface area contributed by atoms with E-state index in [1.54, 1.807) is 12.1 Å². The van der Waals surface area contributed by atoms with Gasteiger partial charge in [-0.25, -0.2) is 4.39 Å². The fourth-order valence-corrected chi connectivity index (χ4v) is 3.06. The Morgan fingerprint density at radius 3 is 2.04 bits per heavy atom. The van der Waals surface area contributed by atoms with Crippen LogP contribution >= 0.6 is 0 Å². The third-order valence-corrected chi connectivity index (χ3v) is 4.54. The zero-order chi connectivity index (χ0) is 16.8. The van der Waals surface area contributed by atoms with Crippen molar-refractivity contribution in [2.24, 2.45) is 5.92 Å². The van der Waals surface area contributed by atoms with E-state index in [1.165, 1.54) is 37.8 Å². The summed E-state index contributed by atoms with van der Waals surface area (Å²) in [4.78, 5) is 0. The fourth-order valence-electron chi connectivity index (χ4n) is 3.06. The van der Waals surface area contributed by atoms with Crippen LogP contribution in [0.5, 0.6) is 0 Å². The van der Waals surface area contributed by atoms with Crippen molar-refractivity contribution in [2.45, 2.75) is 38.9 Å². The van der Waals surface area contributed by atoms with E-state index in [0.29, 0.717) is 5.92 Å². The molecule has 0 atom stereocenters. The van der Waals surface area contributed by atoms with E-state index in [4.69, 9.17) is 9.47 Å². The maximum absolute atomic E-state index is 13.0. The molecule has 0 amide bonds. The Hall–Kier alpha value is -1.71. The van der Waals surface area contributed by atoms with Crippen LogP contribution in [0.2, 0.25) is 0 Å². The summed E-state index contributed by atoms with van der Waals surface area (Å²) in [5, 5.41) is 0. The van der Waals surface area contributed by atoms with Crippen molar-refractivity contribution in [1.29, 1.82) is 0 Å². The van der Waals surface area contributed by atoms with Crippen LogP contribution in [0.1, 0.15) is 44.5 Å². The van der Waals surface area contributed by atoms with Crippen LogP contribution in [0.15, 0.2) is 48.5 Å². The van der Waals surface area contributed by atoms with E-state index >= 15 is 0 Å². The van der Waals surface area contributed by atoms with E-state index in [-0.39, 0.29) is 12.1 Å². The predicted molar refractivity (Wildman–Crippen MR) is 94.1 cm³/mol. The summed E-state index contributed by atoms with van der Waals surface area (Å²) in [7, 11) is 0. The molecule has 3 heteroatoms. The largest absolute Gasteiger partial charge is 0.348 e. The normalized spacial score (nSPS) is 20.9. The highest BCUT2D eigenvalue weighted by atomic mass is 19.1. The van der Waals surface area contributed by atoms with Crippen molar-refractivity contribution in [1.82, 2.24) is 0 Å². The molecule has 1 saturated heterocycles. The van der Waals surface area contributed by atoms with Crippen LogP contribution in [0.3, 0.4) is 0 Å². The number of rotatable bonds is 6. The summed E-state index contributed by atoms with van der Waals surface area (Å²) in [6.07, 6.45) is 4.70. The lowest BCUT2D eigenvalue weighted by Gasteiger charge is -2.29. The number of hydrogen-bond acceptors (Lipinski definition) is 2.